The first-order valence-corrected chi connectivity index (χ1v) is 10.1. The number of anilines is 1. The van der Waals surface area contributed by atoms with Crippen LogP contribution < -0.4 is 10.5 Å². The minimum absolute atomic E-state index is 0.0466. The second kappa shape index (κ2) is 7.45. The molecule has 0 bridgehead atoms. The van der Waals surface area contributed by atoms with E-state index in [0.29, 0.717) is 35.0 Å². The summed E-state index contributed by atoms with van der Waals surface area (Å²) in [5.41, 5.74) is 8.93. The summed E-state index contributed by atoms with van der Waals surface area (Å²) in [6.45, 7) is 0.752. The Morgan fingerprint density at radius 2 is 2.12 bits per heavy atom. The molecule has 0 spiro atoms. The Morgan fingerprint density at radius 3 is 2.91 bits per heavy atom. The van der Waals surface area contributed by atoms with Gasteiger partial charge < -0.3 is 20.1 Å². The average Bonchev–Trinajstić information content (AvgIpc) is 3.19. The number of amides is 1. The van der Waals surface area contributed by atoms with E-state index in [1.165, 1.54) is 17.0 Å². The van der Waals surface area contributed by atoms with E-state index >= 15 is 4.39 Å². The molecule has 2 aromatic carbocycles. The molecule has 0 saturated heterocycles. The number of rotatable bonds is 3. The van der Waals surface area contributed by atoms with E-state index in [9.17, 15) is 4.79 Å². The molecule has 8 nitrogen and oxygen atoms in total. The molecule has 4 aromatic rings. The van der Waals surface area contributed by atoms with Gasteiger partial charge in [0, 0.05) is 25.5 Å². The van der Waals surface area contributed by atoms with Crippen LogP contribution in [0.1, 0.15) is 27.5 Å². The average molecular weight is 435 g/mol. The normalized spacial score (nSPS) is 15.7. The Balaban J connectivity index is 1.58. The highest BCUT2D eigenvalue weighted by atomic mass is 19.1. The lowest BCUT2D eigenvalue weighted by atomic mass is 9.97. The molecule has 2 N–H and O–H groups in total. The fourth-order valence-corrected chi connectivity index (χ4v) is 4.32. The van der Waals surface area contributed by atoms with Crippen LogP contribution in [-0.4, -0.2) is 46.3 Å². The van der Waals surface area contributed by atoms with Crippen molar-refractivity contribution in [3.05, 3.63) is 59.0 Å². The van der Waals surface area contributed by atoms with Gasteiger partial charge in [0.2, 0.25) is 0 Å². The van der Waals surface area contributed by atoms with Crippen LogP contribution in [-0.2, 0) is 18.4 Å². The third kappa shape index (κ3) is 3.04. The van der Waals surface area contributed by atoms with Gasteiger partial charge in [0.1, 0.15) is 17.4 Å². The molecule has 1 aliphatic heterocycles. The van der Waals surface area contributed by atoms with Gasteiger partial charge in [-0.25, -0.2) is 9.37 Å². The summed E-state index contributed by atoms with van der Waals surface area (Å²) in [4.78, 5) is 19.2. The molecule has 5 rings (SSSR count). The van der Waals surface area contributed by atoms with Crippen molar-refractivity contribution in [1.82, 2.24) is 19.7 Å². The van der Waals surface area contributed by atoms with Crippen molar-refractivity contribution in [3.8, 4) is 5.75 Å². The third-order valence-corrected chi connectivity index (χ3v) is 6.06. The van der Waals surface area contributed by atoms with Gasteiger partial charge in [-0.2, -0.15) is 5.10 Å². The zero-order valence-electron chi connectivity index (χ0n) is 17.9. The van der Waals surface area contributed by atoms with Crippen molar-refractivity contribution >= 4 is 33.5 Å². The predicted octanol–water partition coefficient (Wildman–Crippen LogP) is 3.19. The van der Waals surface area contributed by atoms with Gasteiger partial charge in [-0.05, 0) is 29.3 Å². The van der Waals surface area contributed by atoms with Crippen molar-refractivity contribution in [2.24, 2.45) is 7.05 Å². The maximum absolute atomic E-state index is 15.1. The molecular weight excluding hydrogens is 413 g/mol. The summed E-state index contributed by atoms with van der Waals surface area (Å²) >= 11 is 0. The number of halogens is 1. The van der Waals surface area contributed by atoms with Crippen LogP contribution in [0.15, 0.2) is 36.5 Å². The van der Waals surface area contributed by atoms with Crippen LogP contribution in [0, 0.1) is 5.82 Å². The predicted molar refractivity (Wildman–Crippen MR) is 118 cm³/mol. The molecule has 2 aromatic heterocycles. The van der Waals surface area contributed by atoms with Crippen LogP contribution in [0.3, 0.4) is 0 Å². The SMILES string of the molecule is COc1ccc2c(c1)COC[C@H]2N(C)C(=O)c1cc2c(cc1F)nc(N)c1cnn(C)c12. The Labute approximate surface area is 183 Å². The highest BCUT2D eigenvalue weighted by Gasteiger charge is 2.30. The number of methoxy groups -OCH3 is 1. The van der Waals surface area contributed by atoms with E-state index < -0.39 is 11.7 Å². The molecule has 0 radical (unpaired) electrons. The van der Waals surface area contributed by atoms with E-state index in [4.69, 9.17) is 15.2 Å². The number of hydrogen-bond donors (Lipinski definition) is 1. The van der Waals surface area contributed by atoms with Crippen LogP contribution >= 0.6 is 0 Å². The first-order chi connectivity index (χ1) is 15.4. The third-order valence-electron chi connectivity index (χ3n) is 6.06. The lowest BCUT2D eigenvalue weighted by molar-refractivity contribution is 0.0343. The molecule has 1 aliphatic rings. The molecule has 1 amide bonds. The maximum atomic E-state index is 15.1. The zero-order valence-corrected chi connectivity index (χ0v) is 17.9. The number of likely N-dealkylation sites (N-methyl/N-ethyl adjacent to an activating group) is 1. The molecule has 0 aliphatic carbocycles. The quantitative estimate of drug-likeness (QED) is 0.531. The molecule has 1 atom stereocenters. The largest absolute Gasteiger partial charge is 0.497 e. The monoisotopic (exact) mass is 435 g/mol. The zero-order chi connectivity index (χ0) is 22.6. The molecule has 0 saturated carbocycles. The van der Waals surface area contributed by atoms with Gasteiger partial charge in [0.15, 0.2) is 0 Å². The summed E-state index contributed by atoms with van der Waals surface area (Å²) in [5.74, 6) is -0.125. The number of pyridine rings is 1. The number of benzene rings is 2. The fraction of sp³-hybridized carbons (Fsp3) is 0.261. The molecule has 0 fully saturated rings. The number of aryl methyl sites for hydroxylation is 1. The maximum Gasteiger partial charge on any atom is 0.257 e. The number of carbonyl (C=O) groups excluding carboxylic acids is 1. The molecule has 9 heteroatoms. The summed E-state index contributed by atoms with van der Waals surface area (Å²) in [6, 6.07) is 8.09. The standard InChI is InChI=1S/C23H22FN5O3/c1-28(20-11-32-10-12-6-13(31-3)4-5-14(12)20)23(30)15-7-16-19(8-18(15)24)27-22(25)17-9-26-29(2)21(16)17/h4-9,20H,10-11H2,1-3H3,(H2,25,27)/t20-/m1/s1. The van der Waals surface area contributed by atoms with E-state index in [1.54, 1.807) is 32.1 Å². The summed E-state index contributed by atoms with van der Waals surface area (Å²) in [5, 5.41) is 5.50. The molecular formula is C23H22FN5O3. The van der Waals surface area contributed by atoms with Crippen molar-refractivity contribution in [1.29, 1.82) is 0 Å². The fourth-order valence-electron chi connectivity index (χ4n) is 4.32. The molecule has 164 valence electrons. The number of aromatic nitrogens is 3. The highest BCUT2D eigenvalue weighted by molar-refractivity contribution is 6.10. The minimum atomic E-state index is -0.658. The van der Waals surface area contributed by atoms with Gasteiger partial charge >= 0.3 is 0 Å². The molecule has 0 unspecified atom stereocenters. The number of fused-ring (bicyclic) bond motifs is 4. The first-order valence-electron chi connectivity index (χ1n) is 10.1. The second-order valence-corrected chi connectivity index (χ2v) is 7.89. The van der Waals surface area contributed by atoms with Crippen molar-refractivity contribution in [2.75, 3.05) is 26.5 Å². The number of nitrogens with zero attached hydrogens (tertiary/aromatic N) is 4. The summed E-state index contributed by atoms with van der Waals surface area (Å²) < 4.78 is 27.7. The van der Waals surface area contributed by atoms with Crippen molar-refractivity contribution in [2.45, 2.75) is 12.6 Å². The van der Waals surface area contributed by atoms with Crippen LogP contribution in [0.5, 0.6) is 5.75 Å². The number of ether oxygens (including phenoxy) is 2. The molecule has 32 heavy (non-hydrogen) atoms. The minimum Gasteiger partial charge on any atom is -0.497 e. The van der Waals surface area contributed by atoms with E-state index in [1.807, 2.05) is 18.2 Å². The van der Waals surface area contributed by atoms with Crippen molar-refractivity contribution in [3.63, 3.8) is 0 Å². The number of nitrogen functional groups attached to an aromatic ring is 1. The Hall–Kier alpha value is -3.72. The number of hydrogen-bond acceptors (Lipinski definition) is 6. The van der Waals surface area contributed by atoms with E-state index in [2.05, 4.69) is 10.1 Å². The topological polar surface area (TPSA) is 95.5 Å². The van der Waals surface area contributed by atoms with Crippen LogP contribution in [0.2, 0.25) is 0 Å². The lowest BCUT2D eigenvalue weighted by Gasteiger charge is -2.33. The van der Waals surface area contributed by atoms with Gasteiger partial charge in [-0.15, -0.1) is 0 Å². The van der Waals surface area contributed by atoms with Gasteiger partial charge in [0.05, 0.1) is 54.5 Å². The second-order valence-electron chi connectivity index (χ2n) is 7.89. The Kier molecular flexibility index (Phi) is 4.70. The number of carbonyl (C=O) groups is 1. The summed E-state index contributed by atoms with van der Waals surface area (Å²) in [7, 11) is 5.02. The van der Waals surface area contributed by atoms with Gasteiger partial charge in [-0.1, -0.05) is 6.07 Å². The van der Waals surface area contributed by atoms with Crippen LogP contribution in [0.25, 0.3) is 21.8 Å². The van der Waals surface area contributed by atoms with Crippen LogP contribution in [0.4, 0.5) is 10.2 Å². The number of nitrogens with two attached hydrogens (primary N) is 1. The Morgan fingerprint density at radius 1 is 1.31 bits per heavy atom. The van der Waals surface area contributed by atoms with Gasteiger partial charge in [0.25, 0.3) is 5.91 Å². The summed E-state index contributed by atoms with van der Waals surface area (Å²) in [6.07, 6.45) is 1.61. The smallest absolute Gasteiger partial charge is 0.257 e. The first kappa shape index (κ1) is 20.2. The van der Waals surface area contributed by atoms with E-state index in [-0.39, 0.29) is 17.4 Å². The Bertz CT molecular complexity index is 1380. The van der Waals surface area contributed by atoms with Gasteiger partial charge in [-0.3, -0.25) is 9.48 Å². The van der Waals surface area contributed by atoms with Crippen molar-refractivity contribution < 1.29 is 18.7 Å². The highest BCUT2D eigenvalue weighted by Crippen LogP contribution is 2.34. The lowest BCUT2D eigenvalue weighted by Crippen LogP contribution is -2.36. The van der Waals surface area contributed by atoms with E-state index in [0.717, 1.165) is 16.9 Å². The molecule has 3 heterocycles.